The van der Waals surface area contributed by atoms with Gasteiger partial charge >= 0.3 is 6.09 Å². The Morgan fingerprint density at radius 2 is 2.05 bits per heavy atom. The molecule has 6 nitrogen and oxygen atoms in total. The summed E-state index contributed by atoms with van der Waals surface area (Å²) in [5.74, 6) is 0.271. The van der Waals surface area contributed by atoms with Crippen molar-refractivity contribution >= 4 is 23.5 Å². The van der Waals surface area contributed by atoms with E-state index < -0.39 is 5.60 Å². The fourth-order valence-corrected chi connectivity index (χ4v) is 2.86. The molecule has 22 heavy (non-hydrogen) atoms. The van der Waals surface area contributed by atoms with Crippen molar-refractivity contribution in [3.8, 4) is 0 Å². The van der Waals surface area contributed by atoms with Crippen LogP contribution in [0.4, 0.5) is 16.3 Å². The van der Waals surface area contributed by atoms with Crippen LogP contribution in [-0.2, 0) is 14.9 Å². The highest BCUT2D eigenvalue weighted by Gasteiger charge is 2.54. The molecule has 0 aromatic carbocycles. The van der Waals surface area contributed by atoms with Crippen molar-refractivity contribution in [3.05, 3.63) is 17.8 Å². The number of hydrogen-bond acceptors (Lipinski definition) is 4. The summed E-state index contributed by atoms with van der Waals surface area (Å²) in [6.45, 7) is 7.61. The van der Waals surface area contributed by atoms with Gasteiger partial charge in [0.15, 0.2) is 0 Å². The van der Waals surface area contributed by atoms with E-state index in [1.165, 1.54) is 6.92 Å². The standard InChI is InChI=1S/C16H21N3O3/c1-10(20)18-13-7-12-11(8-17-13)16(5-6-16)9-19(12)14(21)22-15(2,3)4/h7-8H,5-6,9H2,1-4H3,(H,17,18,20). The van der Waals surface area contributed by atoms with Crippen molar-refractivity contribution in [2.45, 2.75) is 51.6 Å². The minimum Gasteiger partial charge on any atom is -0.443 e. The first-order chi connectivity index (χ1) is 10.2. The average molecular weight is 303 g/mol. The number of amides is 2. The number of ether oxygens (including phenoxy) is 1. The molecule has 0 radical (unpaired) electrons. The van der Waals surface area contributed by atoms with Gasteiger partial charge in [0.05, 0.1) is 5.69 Å². The Labute approximate surface area is 129 Å². The number of pyridine rings is 1. The number of carbonyl (C=O) groups is 2. The largest absolute Gasteiger partial charge is 0.443 e. The second-order valence-electron chi connectivity index (χ2n) is 7.11. The van der Waals surface area contributed by atoms with Crippen LogP contribution in [0.5, 0.6) is 0 Å². The SMILES string of the molecule is CC(=O)Nc1cc2c(cn1)C1(CC1)CN2C(=O)OC(C)(C)C. The number of fused-ring (bicyclic) bond motifs is 2. The summed E-state index contributed by atoms with van der Waals surface area (Å²) in [5, 5.41) is 2.66. The Bertz CT molecular complexity index is 645. The first-order valence-electron chi connectivity index (χ1n) is 7.49. The zero-order chi connectivity index (χ0) is 16.1. The molecule has 2 aliphatic rings. The van der Waals surface area contributed by atoms with E-state index in [1.54, 1.807) is 17.2 Å². The highest BCUT2D eigenvalue weighted by Crippen LogP contribution is 2.56. The smallest absolute Gasteiger partial charge is 0.414 e. The molecule has 0 unspecified atom stereocenters. The van der Waals surface area contributed by atoms with Crippen LogP contribution in [0.15, 0.2) is 12.3 Å². The molecule has 1 aromatic rings. The summed E-state index contributed by atoms with van der Waals surface area (Å²) in [4.78, 5) is 29.6. The minimum atomic E-state index is -0.538. The maximum absolute atomic E-state index is 12.5. The molecule has 1 aromatic heterocycles. The first-order valence-corrected chi connectivity index (χ1v) is 7.49. The molecule has 2 amide bonds. The van der Waals surface area contributed by atoms with Gasteiger partial charge in [0, 0.05) is 36.7 Å². The highest BCUT2D eigenvalue weighted by atomic mass is 16.6. The lowest BCUT2D eigenvalue weighted by Gasteiger charge is -2.25. The number of nitrogens with zero attached hydrogens (tertiary/aromatic N) is 2. The second kappa shape index (κ2) is 4.69. The van der Waals surface area contributed by atoms with E-state index in [4.69, 9.17) is 4.74 Å². The Balaban J connectivity index is 1.93. The van der Waals surface area contributed by atoms with E-state index in [-0.39, 0.29) is 17.4 Å². The van der Waals surface area contributed by atoms with Crippen molar-refractivity contribution in [2.75, 3.05) is 16.8 Å². The number of aromatic nitrogens is 1. The van der Waals surface area contributed by atoms with Gasteiger partial charge < -0.3 is 10.1 Å². The topological polar surface area (TPSA) is 71.5 Å². The number of nitrogens with one attached hydrogen (secondary N) is 1. The normalized spacial score (nSPS) is 18.1. The molecule has 3 rings (SSSR count). The van der Waals surface area contributed by atoms with Gasteiger partial charge in [-0.25, -0.2) is 9.78 Å². The molecular formula is C16H21N3O3. The van der Waals surface area contributed by atoms with E-state index >= 15 is 0 Å². The Morgan fingerprint density at radius 3 is 2.59 bits per heavy atom. The predicted molar refractivity (Wildman–Crippen MR) is 83.0 cm³/mol. The summed E-state index contributed by atoms with van der Waals surface area (Å²) >= 11 is 0. The summed E-state index contributed by atoms with van der Waals surface area (Å²) < 4.78 is 5.50. The van der Waals surface area contributed by atoms with E-state index in [0.717, 1.165) is 24.1 Å². The predicted octanol–water partition coefficient (Wildman–Crippen LogP) is 2.83. The summed E-state index contributed by atoms with van der Waals surface area (Å²) in [7, 11) is 0. The van der Waals surface area contributed by atoms with E-state index in [2.05, 4.69) is 10.3 Å². The first kappa shape index (κ1) is 14.8. The maximum atomic E-state index is 12.5. The van der Waals surface area contributed by atoms with E-state index in [0.29, 0.717) is 12.4 Å². The maximum Gasteiger partial charge on any atom is 0.414 e. The monoisotopic (exact) mass is 303 g/mol. The fraction of sp³-hybridized carbons (Fsp3) is 0.562. The van der Waals surface area contributed by atoms with Crippen LogP contribution in [0, 0.1) is 0 Å². The van der Waals surface area contributed by atoms with Gasteiger partial charge in [-0.1, -0.05) is 0 Å². The van der Waals surface area contributed by atoms with Crippen molar-refractivity contribution in [1.82, 2.24) is 4.98 Å². The summed E-state index contributed by atoms with van der Waals surface area (Å²) in [5.41, 5.74) is 1.37. The Hall–Kier alpha value is -2.11. The third-order valence-electron chi connectivity index (χ3n) is 3.98. The molecule has 1 aliphatic carbocycles. The summed E-state index contributed by atoms with van der Waals surface area (Å²) in [6, 6.07) is 1.76. The van der Waals surface area contributed by atoms with Gasteiger partial charge in [0.1, 0.15) is 11.4 Å². The van der Waals surface area contributed by atoms with E-state index in [1.807, 2.05) is 20.8 Å². The zero-order valence-corrected chi connectivity index (χ0v) is 13.4. The van der Waals surface area contributed by atoms with Crippen LogP contribution in [0.3, 0.4) is 0 Å². The molecule has 0 saturated heterocycles. The van der Waals surface area contributed by atoms with Gasteiger partial charge in [0.25, 0.3) is 0 Å². The van der Waals surface area contributed by atoms with Crippen LogP contribution in [0.25, 0.3) is 0 Å². The molecule has 1 saturated carbocycles. The molecular weight excluding hydrogens is 282 g/mol. The third kappa shape index (κ3) is 2.65. The van der Waals surface area contributed by atoms with E-state index in [9.17, 15) is 9.59 Å². The molecule has 6 heteroatoms. The number of anilines is 2. The number of hydrogen-bond donors (Lipinski definition) is 1. The van der Waals surface area contributed by atoms with Gasteiger partial charge in [-0.05, 0) is 33.6 Å². The van der Waals surface area contributed by atoms with Crippen molar-refractivity contribution < 1.29 is 14.3 Å². The van der Waals surface area contributed by atoms with Gasteiger partial charge in [-0.2, -0.15) is 0 Å². The van der Waals surface area contributed by atoms with Crippen LogP contribution < -0.4 is 10.2 Å². The lowest BCUT2D eigenvalue weighted by Crippen LogP contribution is -2.37. The van der Waals surface area contributed by atoms with Crippen LogP contribution in [0.1, 0.15) is 46.1 Å². The molecule has 118 valence electrons. The average Bonchev–Trinajstić information content (AvgIpc) is 3.05. The molecule has 1 spiro atoms. The molecule has 0 atom stereocenters. The molecule has 1 fully saturated rings. The highest BCUT2D eigenvalue weighted by molar-refractivity contribution is 5.94. The van der Waals surface area contributed by atoms with Crippen molar-refractivity contribution in [1.29, 1.82) is 0 Å². The Morgan fingerprint density at radius 1 is 1.36 bits per heavy atom. The molecule has 1 aliphatic heterocycles. The lowest BCUT2D eigenvalue weighted by atomic mass is 10.0. The van der Waals surface area contributed by atoms with Crippen LogP contribution in [-0.4, -0.2) is 29.1 Å². The third-order valence-corrected chi connectivity index (χ3v) is 3.98. The zero-order valence-electron chi connectivity index (χ0n) is 13.4. The fourth-order valence-electron chi connectivity index (χ4n) is 2.86. The number of carbonyl (C=O) groups excluding carboxylic acids is 2. The van der Waals surface area contributed by atoms with Gasteiger partial charge in [-0.3, -0.25) is 9.69 Å². The van der Waals surface area contributed by atoms with Crippen LogP contribution in [0.2, 0.25) is 0 Å². The minimum absolute atomic E-state index is 0.0357. The molecule has 2 heterocycles. The van der Waals surface area contributed by atoms with Crippen LogP contribution >= 0.6 is 0 Å². The lowest BCUT2D eigenvalue weighted by molar-refractivity contribution is -0.114. The molecule has 1 N–H and O–H groups in total. The second-order valence-corrected chi connectivity index (χ2v) is 7.11. The van der Waals surface area contributed by atoms with Crippen molar-refractivity contribution in [2.24, 2.45) is 0 Å². The Kier molecular flexibility index (Phi) is 3.16. The quantitative estimate of drug-likeness (QED) is 0.866. The number of rotatable bonds is 1. The van der Waals surface area contributed by atoms with Gasteiger partial charge in [0.2, 0.25) is 5.91 Å². The van der Waals surface area contributed by atoms with Gasteiger partial charge in [-0.15, -0.1) is 0 Å². The summed E-state index contributed by atoms with van der Waals surface area (Å²) in [6.07, 6.45) is 3.54. The molecule has 0 bridgehead atoms. The van der Waals surface area contributed by atoms with Crippen molar-refractivity contribution in [3.63, 3.8) is 0 Å².